The van der Waals surface area contributed by atoms with Gasteiger partial charge in [0.1, 0.15) is 6.54 Å². The van der Waals surface area contributed by atoms with Crippen LogP contribution in [-0.2, 0) is 11.3 Å². The molecule has 92 valence electrons. The van der Waals surface area contributed by atoms with E-state index in [0.717, 1.165) is 0 Å². The average molecular weight is 305 g/mol. The zero-order valence-electron chi connectivity index (χ0n) is 8.69. The van der Waals surface area contributed by atoms with Crippen LogP contribution in [0.2, 0.25) is 0 Å². The first-order valence-corrected chi connectivity index (χ1v) is 5.46. The minimum atomic E-state index is -1.23. The summed E-state index contributed by atoms with van der Waals surface area (Å²) < 4.78 is 14.0. The van der Waals surface area contributed by atoms with Crippen LogP contribution in [0.5, 0.6) is 0 Å². The van der Waals surface area contributed by atoms with Crippen molar-refractivity contribution in [1.82, 2.24) is 10.4 Å². The molecule has 1 aromatic rings. The van der Waals surface area contributed by atoms with Crippen molar-refractivity contribution in [3.8, 4) is 0 Å². The van der Waals surface area contributed by atoms with Gasteiger partial charge in [0, 0.05) is 4.47 Å². The minimum Gasteiger partial charge on any atom is -0.480 e. The monoisotopic (exact) mass is 304 g/mol. The lowest BCUT2D eigenvalue weighted by Gasteiger charge is -2.13. The maximum Gasteiger partial charge on any atom is 0.346 e. The first kappa shape index (κ1) is 13.4. The van der Waals surface area contributed by atoms with E-state index in [1.54, 1.807) is 24.3 Å². The second kappa shape index (κ2) is 6.19. The van der Waals surface area contributed by atoms with E-state index in [9.17, 15) is 14.1 Å². The lowest BCUT2D eigenvalue weighted by Crippen LogP contribution is -2.37. The van der Waals surface area contributed by atoms with Gasteiger partial charge in [-0.1, -0.05) is 38.6 Å². The molecule has 0 heterocycles. The average Bonchev–Trinajstić information content (AvgIpc) is 2.28. The van der Waals surface area contributed by atoms with Gasteiger partial charge in [0.15, 0.2) is 0 Å². The number of benzene rings is 1. The molecule has 0 atom stereocenters. The van der Waals surface area contributed by atoms with Crippen molar-refractivity contribution in [3.05, 3.63) is 34.3 Å². The van der Waals surface area contributed by atoms with Gasteiger partial charge in [-0.05, 0) is 11.6 Å². The number of halogens is 2. The van der Waals surface area contributed by atoms with Crippen molar-refractivity contribution in [3.63, 3.8) is 0 Å². The fourth-order valence-corrected chi connectivity index (χ4v) is 1.50. The van der Waals surface area contributed by atoms with Crippen LogP contribution in [0.4, 0.5) is 9.28 Å². The number of aliphatic carboxylic acids is 1. The summed E-state index contributed by atoms with van der Waals surface area (Å²) in [7, 11) is 0. The summed E-state index contributed by atoms with van der Waals surface area (Å²) in [6, 6.07) is 5.77. The Morgan fingerprint density at radius 3 is 2.65 bits per heavy atom. The molecule has 7 heteroatoms. The number of carbonyl (C=O) groups is 2. The van der Waals surface area contributed by atoms with Gasteiger partial charge in [-0.25, -0.2) is 4.79 Å². The first-order valence-electron chi connectivity index (χ1n) is 4.67. The van der Waals surface area contributed by atoms with Gasteiger partial charge in [0.05, 0.1) is 6.54 Å². The molecule has 0 aliphatic carbocycles. The Balaban J connectivity index is 2.54. The molecular formula is C10H10BrFN2O3. The van der Waals surface area contributed by atoms with Crippen LogP contribution in [-0.4, -0.2) is 28.8 Å². The lowest BCUT2D eigenvalue weighted by molar-refractivity contribution is -0.135. The molecule has 0 unspecified atom stereocenters. The number of urea groups is 1. The number of carbonyl (C=O) groups excluding carboxylic acids is 1. The topological polar surface area (TPSA) is 69.6 Å². The van der Waals surface area contributed by atoms with Crippen molar-refractivity contribution in [2.75, 3.05) is 6.54 Å². The normalized spacial score (nSPS) is 9.76. The molecule has 0 aliphatic heterocycles. The predicted molar refractivity (Wildman–Crippen MR) is 61.8 cm³/mol. The third kappa shape index (κ3) is 4.39. The summed E-state index contributed by atoms with van der Waals surface area (Å²) in [5.41, 5.74) is 0.584. The van der Waals surface area contributed by atoms with Gasteiger partial charge in [-0.15, -0.1) is 0 Å². The first-order chi connectivity index (χ1) is 8.00. The molecular weight excluding hydrogens is 295 g/mol. The van der Waals surface area contributed by atoms with Crippen LogP contribution in [0, 0.1) is 0 Å². The second-order valence-electron chi connectivity index (χ2n) is 3.16. The predicted octanol–water partition coefficient (Wildman–Crippen LogP) is 1.93. The van der Waals surface area contributed by atoms with Gasteiger partial charge in [-0.2, -0.15) is 5.12 Å². The molecule has 1 aromatic carbocycles. The molecule has 0 bridgehead atoms. The zero-order chi connectivity index (χ0) is 12.8. The molecule has 1 rings (SSSR count). The molecule has 5 nitrogen and oxygen atoms in total. The largest absolute Gasteiger partial charge is 0.480 e. The van der Waals surface area contributed by atoms with Crippen LogP contribution in [0.25, 0.3) is 0 Å². The quantitative estimate of drug-likeness (QED) is 0.835. The van der Waals surface area contributed by atoms with E-state index in [4.69, 9.17) is 5.11 Å². The number of rotatable bonds is 4. The Kier molecular flexibility index (Phi) is 4.89. The van der Waals surface area contributed by atoms with Crippen molar-refractivity contribution in [2.45, 2.75) is 6.54 Å². The Hall–Kier alpha value is -1.63. The number of nitrogens with zero attached hydrogens (tertiary/aromatic N) is 1. The molecule has 0 saturated carbocycles. The summed E-state index contributed by atoms with van der Waals surface area (Å²) in [5, 5.41) is 10.2. The van der Waals surface area contributed by atoms with Gasteiger partial charge in [-0.3, -0.25) is 4.79 Å². The fourth-order valence-electron chi connectivity index (χ4n) is 1.08. The van der Waals surface area contributed by atoms with E-state index >= 15 is 0 Å². The molecule has 2 amide bonds. The molecule has 17 heavy (non-hydrogen) atoms. The van der Waals surface area contributed by atoms with E-state index in [0.29, 0.717) is 10.0 Å². The third-order valence-corrected chi connectivity index (χ3v) is 2.65. The van der Waals surface area contributed by atoms with E-state index in [-0.39, 0.29) is 11.7 Å². The Morgan fingerprint density at radius 2 is 2.06 bits per heavy atom. The summed E-state index contributed by atoms with van der Waals surface area (Å²) in [4.78, 5) is 21.3. The molecule has 2 N–H and O–H groups in total. The van der Waals surface area contributed by atoms with Gasteiger partial charge < -0.3 is 10.4 Å². The van der Waals surface area contributed by atoms with Crippen LogP contribution in [0.15, 0.2) is 28.7 Å². The summed E-state index contributed by atoms with van der Waals surface area (Å²) in [6.45, 7) is -0.873. The molecule has 0 saturated heterocycles. The maximum atomic E-state index is 13.3. The summed E-state index contributed by atoms with van der Waals surface area (Å²) in [5.74, 6) is -1.23. The molecule has 0 fully saturated rings. The van der Waals surface area contributed by atoms with Crippen LogP contribution in [0.3, 0.4) is 0 Å². The highest BCUT2D eigenvalue weighted by Gasteiger charge is 2.14. The molecule has 0 aromatic heterocycles. The Bertz CT molecular complexity index is 428. The smallest absolute Gasteiger partial charge is 0.346 e. The number of hydrogen-bond donors (Lipinski definition) is 2. The standard InChI is InChI=1S/C10H10BrFN2O3/c11-8-4-2-1-3-7(8)6-14(12)10(17)13-5-9(15)16/h1-4H,5-6H2,(H,13,17)(H,15,16). The van der Waals surface area contributed by atoms with Crippen molar-refractivity contribution < 1.29 is 19.2 Å². The van der Waals surface area contributed by atoms with Gasteiger partial charge >= 0.3 is 12.0 Å². The number of nitrogens with one attached hydrogen (secondary N) is 1. The number of hydrogen-bond acceptors (Lipinski definition) is 2. The van der Waals surface area contributed by atoms with E-state index in [2.05, 4.69) is 15.9 Å². The van der Waals surface area contributed by atoms with Crippen molar-refractivity contribution >= 4 is 27.9 Å². The number of carboxylic acid groups (broad SMARTS) is 1. The van der Waals surface area contributed by atoms with Crippen LogP contribution < -0.4 is 5.32 Å². The lowest BCUT2D eigenvalue weighted by atomic mass is 10.2. The minimum absolute atomic E-state index is 0.0803. The number of amides is 2. The Morgan fingerprint density at radius 1 is 1.41 bits per heavy atom. The summed E-state index contributed by atoms with van der Waals surface area (Å²) in [6.07, 6.45) is 0. The molecule has 0 aliphatic rings. The zero-order valence-corrected chi connectivity index (χ0v) is 10.3. The fraction of sp³-hybridized carbons (Fsp3) is 0.200. The SMILES string of the molecule is O=C(O)CNC(=O)N(F)Cc1ccccc1Br. The maximum absolute atomic E-state index is 13.3. The highest BCUT2D eigenvalue weighted by molar-refractivity contribution is 9.10. The highest BCUT2D eigenvalue weighted by Crippen LogP contribution is 2.17. The molecule has 0 radical (unpaired) electrons. The van der Waals surface area contributed by atoms with E-state index < -0.39 is 18.5 Å². The highest BCUT2D eigenvalue weighted by atomic mass is 79.9. The van der Waals surface area contributed by atoms with Gasteiger partial charge in [0.2, 0.25) is 0 Å². The molecule has 0 spiro atoms. The number of carboxylic acids is 1. The second-order valence-corrected chi connectivity index (χ2v) is 4.02. The van der Waals surface area contributed by atoms with Crippen molar-refractivity contribution in [2.24, 2.45) is 0 Å². The van der Waals surface area contributed by atoms with Gasteiger partial charge in [0.25, 0.3) is 0 Å². The summed E-state index contributed by atoms with van der Waals surface area (Å²) >= 11 is 3.22. The van der Waals surface area contributed by atoms with E-state index in [1.807, 2.05) is 5.32 Å². The van der Waals surface area contributed by atoms with Crippen molar-refractivity contribution in [1.29, 1.82) is 0 Å². The van der Waals surface area contributed by atoms with E-state index in [1.165, 1.54) is 0 Å². The third-order valence-electron chi connectivity index (χ3n) is 1.88. The van der Waals surface area contributed by atoms with Crippen LogP contribution >= 0.6 is 15.9 Å². The van der Waals surface area contributed by atoms with Crippen LogP contribution in [0.1, 0.15) is 5.56 Å². The Labute approximate surface area is 105 Å².